The lowest BCUT2D eigenvalue weighted by molar-refractivity contribution is -0.146. The van der Waals surface area contributed by atoms with Crippen molar-refractivity contribution in [1.82, 2.24) is 14.3 Å². The van der Waals surface area contributed by atoms with Gasteiger partial charge in [-0.3, -0.25) is 14.5 Å². The average molecular weight is 591 g/mol. The smallest absolute Gasteiger partial charge is 0.344 e. The van der Waals surface area contributed by atoms with Crippen LogP contribution in [0.2, 0.25) is 0 Å². The minimum absolute atomic E-state index is 0.0669. The highest BCUT2D eigenvalue weighted by Crippen LogP contribution is 2.35. The molecule has 0 spiro atoms. The number of nitrogens with zero attached hydrogens (tertiary/aromatic N) is 3. The van der Waals surface area contributed by atoms with Gasteiger partial charge in [0.2, 0.25) is 5.88 Å². The third-order valence-electron chi connectivity index (χ3n) is 7.28. The average Bonchev–Trinajstić information content (AvgIpc) is 3.63. The Morgan fingerprint density at radius 2 is 1.90 bits per heavy atom. The molecule has 1 fully saturated rings. The zero-order valence-electron chi connectivity index (χ0n) is 23.8. The number of ether oxygens (including phenoxy) is 3. The van der Waals surface area contributed by atoms with E-state index in [0.717, 1.165) is 34.8 Å². The number of ketones is 1. The fourth-order valence-electron chi connectivity index (χ4n) is 5.32. The quantitative estimate of drug-likeness (QED) is 0.151. The molecule has 1 saturated heterocycles. The molecule has 5 rings (SSSR count). The lowest BCUT2D eigenvalue weighted by Gasteiger charge is -2.26. The Balaban J connectivity index is 1.48. The molecule has 220 valence electrons. The van der Waals surface area contributed by atoms with Gasteiger partial charge in [0.15, 0.2) is 6.61 Å². The standard InChI is InChI=1S/C31H34N4O6S/c1-3-22-24(17-21-7-4-5-8-23(21)25-9-6-16-42-25)35-18-20(2)33-31(28(35)27(22)29(37)30(32)38)41-19-26(36)40-15-12-34-10-13-39-14-11-34/h4-9,16,18H,3,10-15,17,19H2,1-2H3,(H2,32,38). The highest BCUT2D eigenvalue weighted by Gasteiger charge is 2.29. The zero-order chi connectivity index (χ0) is 29.6. The Bertz CT molecular complexity index is 1590. The molecule has 0 bridgehead atoms. The minimum Gasteiger partial charge on any atom is -0.464 e. The molecule has 42 heavy (non-hydrogen) atoms. The maximum absolute atomic E-state index is 13.2. The summed E-state index contributed by atoms with van der Waals surface area (Å²) in [6, 6.07) is 12.2. The predicted molar refractivity (Wildman–Crippen MR) is 159 cm³/mol. The molecule has 1 aliphatic heterocycles. The monoisotopic (exact) mass is 590 g/mol. The molecular formula is C31H34N4O6S. The van der Waals surface area contributed by atoms with Crippen LogP contribution in [0.25, 0.3) is 16.0 Å². The van der Waals surface area contributed by atoms with Crippen molar-refractivity contribution in [2.75, 3.05) is 46.1 Å². The Labute approximate surface area is 248 Å². The molecule has 4 heterocycles. The topological polar surface area (TPSA) is 125 Å². The summed E-state index contributed by atoms with van der Waals surface area (Å²) in [6.45, 7) is 7.08. The number of esters is 1. The highest BCUT2D eigenvalue weighted by molar-refractivity contribution is 7.13. The van der Waals surface area contributed by atoms with E-state index in [1.54, 1.807) is 18.3 Å². The first kappa shape index (κ1) is 29.4. The van der Waals surface area contributed by atoms with E-state index in [1.807, 2.05) is 41.1 Å². The van der Waals surface area contributed by atoms with Gasteiger partial charge in [-0.2, -0.15) is 0 Å². The largest absolute Gasteiger partial charge is 0.464 e. The highest BCUT2D eigenvalue weighted by atomic mass is 32.1. The molecule has 3 aromatic heterocycles. The Hall–Kier alpha value is -4.06. The molecule has 1 amide bonds. The lowest BCUT2D eigenvalue weighted by Crippen LogP contribution is -2.38. The number of hydrogen-bond donors (Lipinski definition) is 1. The number of Topliss-reactive ketones (excluding diaryl/α,β-unsaturated/α-hetero) is 1. The van der Waals surface area contributed by atoms with Gasteiger partial charge in [-0.25, -0.2) is 9.78 Å². The summed E-state index contributed by atoms with van der Waals surface area (Å²) in [6.07, 6.45) is 2.76. The number of rotatable bonds is 12. The maximum atomic E-state index is 13.2. The molecule has 0 atom stereocenters. The van der Waals surface area contributed by atoms with Crippen molar-refractivity contribution in [2.24, 2.45) is 5.73 Å². The van der Waals surface area contributed by atoms with Crippen LogP contribution in [0.3, 0.4) is 0 Å². The van der Waals surface area contributed by atoms with Crippen molar-refractivity contribution in [3.05, 3.63) is 76.1 Å². The first-order valence-electron chi connectivity index (χ1n) is 13.9. The van der Waals surface area contributed by atoms with E-state index < -0.39 is 24.3 Å². The maximum Gasteiger partial charge on any atom is 0.344 e. The van der Waals surface area contributed by atoms with Gasteiger partial charge in [-0.1, -0.05) is 37.3 Å². The number of aromatic nitrogens is 2. The van der Waals surface area contributed by atoms with Crippen molar-refractivity contribution < 1.29 is 28.6 Å². The van der Waals surface area contributed by atoms with Crippen LogP contribution in [0.1, 0.15) is 39.8 Å². The van der Waals surface area contributed by atoms with Crippen molar-refractivity contribution in [3.8, 4) is 16.3 Å². The number of benzene rings is 1. The number of aryl methyl sites for hydroxylation is 1. The molecule has 1 aromatic carbocycles. The fourth-order valence-corrected chi connectivity index (χ4v) is 6.11. The molecule has 0 saturated carbocycles. The molecule has 0 unspecified atom stereocenters. The lowest BCUT2D eigenvalue weighted by atomic mass is 9.96. The van der Waals surface area contributed by atoms with Crippen LogP contribution in [-0.2, 0) is 31.9 Å². The van der Waals surface area contributed by atoms with E-state index in [4.69, 9.17) is 19.9 Å². The molecule has 10 nitrogen and oxygen atoms in total. The van der Waals surface area contributed by atoms with Crippen LogP contribution in [0, 0.1) is 6.92 Å². The van der Waals surface area contributed by atoms with Crippen molar-refractivity contribution >= 4 is 34.5 Å². The van der Waals surface area contributed by atoms with E-state index in [-0.39, 0.29) is 18.1 Å². The molecule has 0 radical (unpaired) electrons. The van der Waals surface area contributed by atoms with E-state index in [2.05, 4.69) is 28.1 Å². The van der Waals surface area contributed by atoms with Crippen LogP contribution >= 0.6 is 11.3 Å². The Kier molecular flexibility index (Phi) is 9.31. The number of thiophene rings is 1. The van der Waals surface area contributed by atoms with Crippen molar-refractivity contribution in [1.29, 1.82) is 0 Å². The number of amides is 1. The summed E-state index contributed by atoms with van der Waals surface area (Å²) in [4.78, 5) is 45.8. The fraction of sp³-hybridized carbons (Fsp3) is 0.355. The van der Waals surface area contributed by atoms with Crippen LogP contribution in [0.4, 0.5) is 0 Å². The third kappa shape index (κ3) is 6.38. The van der Waals surface area contributed by atoms with Gasteiger partial charge in [0.25, 0.3) is 11.7 Å². The summed E-state index contributed by atoms with van der Waals surface area (Å²) in [7, 11) is 0. The number of primary amides is 1. The van der Waals surface area contributed by atoms with E-state index in [1.165, 1.54) is 0 Å². The molecular weight excluding hydrogens is 556 g/mol. The SMILES string of the molecule is CCc1c(C(=O)C(N)=O)c2c(OCC(=O)OCCN3CCOCC3)nc(C)cn2c1Cc1ccccc1-c1cccs1. The number of carbonyl (C=O) groups excluding carboxylic acids is 3. The number of nitrogens with two attached hydrogens (primary N) is 1. The van der Waals surface area contributed by atoms with Gasteiger partial charge in [0.05, 0.1) is 24.5 Å². The van der Waals surface area contributed by atoms with Crippen molar-refractivity contribution in [3.63, 3.8) is 0 Å². The number of carbonyl (C=O) groups is 3. The molecule has 1 aliphatic rings. The first-order chi connectivity index (χ1) is 20.4. The van der Waals surface area contributed by atoms with Gasteiger partial charge < -0.3 is 24.3 Å². The second-order valence-corrected chi connectivity index (χ2v) is 11.0. The Morgan fingerprint density at radius 1 is 1.12 bits per heavy atom. The summed E-state index contributed by atoms with van der Waals surface area (Å²) in [5.41, 5.74) is 10.2. The zero-order valence-corrected chi connectivity index (χ0v) is 24.6. The Morgan fingerprint density at radius 3 is 2.62 bits per heavy atom. The normalized spacial score (nSPS) is 13.8. The number of fused-ring (bicyclic) bond motifs is 1. The summed E-state index contributed by atoms with van der Waals surface area (Å²) in [5.74, 6) is -2.39. The van der Waals surface area contributed by atoms with Crippen LogP contribution in [0.5, 0.6) is 5.88 Å². The number of morpholine rings is 1. The van der Waals surface area contributed by atoms with Gasteiger partial charge >= 0.3 is 5.97 Å². The first-order valence-corrected chi connectivity index (χ1v) is 14.8. The molecule has 4 aromatic rings. The van der Waals surface area contributed by atoms with Crippen molar-refractivity contribution in [2.45, 2.75) is 26.7 Å². The van der Waals surface area contributed by atoms with Crippen LogP contribution in [0.15, 0.2) is 48.0 Å². The molecule has 11 heteroatoms. The van der Waals surface area contributed by atoms with Gasteiger partial charge in [-0.15, -0.1) is 11.3 Å². The van der Waals surface area contributed by atoms with E-state index in [0.29, 0.717) is 49.4 Å². The van der Waals surface area contributed by atoms with E-state index in [9.17, 15) is 14.4 Å². The van der Waals surface area contributed by atoms with Crippen LogP contribution < -0.4 is 10.5 Å². The molecule has 0 aliphatic carbocycles. The van der Waals surface area contributed by atoms with Gasteiger partial charge in [0.1, 0.15) is 12.1 Å². The summed E-state index contributed by atoms with van der Waals surface area (Å²) >= 11 is 1.65. The predicted octanol–water partition coefficient (Wildman–Crippen LogP) is 3.45. The van der Waals surface area contributed by atoms with Crippen LogP contribution in [-0.4, -0.2) is 78.0 Å². The summed E-state index contributed by atoms with van der Waals surface area (Å²) < 4.78 is 18.5. The third-order valence-corrected chi connectivity index (χ3v) is 8.19. The molecule has 2 N–H and O–H groups in total. The van der Waals surface area contributed by atoms with E-state index >= 15 is 0 Å². The van der Waals surface area contributed by atoms with Gasteiger partial charge in [-0.05, 0) is 41.5 Å². The second kappa shape index (κ2) is 13.3. The second-order valence-electron chi connectivity index (χ2n) is 10.0. The summed E-state index contributed by atoms with van der Waals surface area (Å²) in [5, 5.41) is 2.03. The van der Waals surface area contributed by atoms with Gasteiger partial charge in [0, 0.05) is 42.8 Å². The minimum atomic E-state index is -1.07. The number of hydrogen-bond acceptors (Lipinski definition) is 9.